The number of hydrogen-bond donors (Lipinski definition) is 1. The highest BCUT2D eigenvalue weighted by atomic mass is 16.5. The predicted molar refractivity (Wildman–Crippen MR) is 90.9 cm³/mol. The second-order valence-corrected chi connectivity index (χ2v) is 5.51. The monoisotopic (exact) mass is 306 g/mol. The summed E-state index contributed by atoms with van der Waals surface area (Å²) in [5, 5.41) is 9.52. The van der Waals surface area contributed by atoms with E-state index in [0.29, 0.717) is 18.6 Å². The van der Waals surface area contributed by atoms with Gasteiger partial charge in [-0.2, -0.15) is 0 Å². The van der Waals surface area contributed by atoms with Crippen molar-refractivity contribution in [2.45, 2.75) is 12.8 Å². The van der Waals surface area contributed by atoms with E-state index in [1.54, 1.807) is 24.3 Å². The molecule has 0 atom stereocenters. The molecule has 1 aliphatic rings. The van der Waals surface area contributed by atoms with Gasteiger partial charge >= 0.3 is 0 Å². The van der Waals surface area contributed by atoms with Crippen molar-refractivity contribution < 1.29 is 14.6 Å². The van der Waals surface area contributed by atoms with E-state index in [2.05, 4.69) is 6.58 Å². The number of hydrogen-bond acceptors (Lipinski definition) is 3. The molecule has 116 valence electrons. The molecule has 3 heteroatoms. The molecule has 3 rings (SSSR count). The van der Waals surface area contributed by atoms with Crippen LogP contribution in [0.3, 0.4) is 0 Å². The smallest absolute Gasteiger partial charge is 0.189 e. The van der Waals surface area contributed by atoms with Crippen LogP contribution in [-0.4, -0.2) is 17.5 Å². The molecular formula is C20H18O3. The zero-order valence-corrected chi connectivity index (χ0v) is 12.8. The first-order chi connectivity index (χ1) is 11.2. The normalized spacial score (nSPS) is 15.3. The largest absolute Gasteiger partial charge is 0.508 e. The van der Waals surface area contributed by atoms with Gasteiger partial charge in [0.05, 0.1) is 0 Å². The molecule has 1 aliphatic carbocycles. The zero-order chi connectivity index (χ0) is 16.2. The maximum atomic E-state index is 12.6. The molecule has 0 saturated heterocycles. The van der Waals surface area contributed by atoms with E-state index in [0.717, 1.165) is 28.9 Å². The Morgan fingerprint density at radius 2 is 1.91 bits per heavy atom. The van der Waals surface area contributed by atoms with E-state index in [4.69, 9.17) is 4.74 Å². The number of carbonyl (C=O) groups excluding carboxylic acids is 1. The van der Waals surface area contributed by atoms with Gasteiger partial charge in [0.2, 0.25) is 0 Å². The van der Waals surface area contributed by atoms with Crippen LogP contribution in [0.4, 0.5) is 0 Å². The fourth-order valence-corrected chi connectivity index (χ4v) is 2.72. The number of phenols is 1. The summed E-state index contributed by atoms with van der Waals surface area (Å²) in [6.07, 6.45) is 5.08. The topological polar surface area (TPSA) is 46.5 Å². The number of aryl methyl sites for hydroxylation is 1. The van der Waals surface area contributed by atoms with E-state index < -0.39 is 0 Å². The van der Waals surface area contributed by atoms with E-state index >= 15 is 0 Å². The number of rotatable bonds is 4. The summed E-state index contributed by atoms with van der Waals surface area (Å²) in [5.41, 5.74) is 3.37. The van der Waals surface area contributed by atoms with Crippen molar-refractivity contribution in [1.82, 2.24) is 0 Å². The Kier molecular flexibility index (Phi) is 4.29. The number of ether oxygens (including phenoxy) is 1. The van der Waals surface area contributed by atoms with Crippen LogP contribution < -0.4 is 4.74 Å². The molecule has 0 heterocycles. The van der Waals surface area contributed by atoms with Gasteiger partial charge in [-0.05, 0) is 60.4 Å². The van der Waals surface area contributed by atoms with E-state index in [1.807, 2.05) is 30.3 Å². The van der Waals surface area contributed by atoms with Gasteiger partial charge in [-0.3, -0.25) is 4.79 Å². The van der Waals surface area contributed by atoms with Crippen LogP contribution in [0.25, 0.3) is 6.08 Å². The van der Waals surface area contributed by atoms with Crippen LogP contribution in [0.15, 0.2) is 60.7 Å². The van der Waals surface area contributed by atoms with Crippen LogP contribution in [0.1, 0.15) is 27.9 Å². The van der Waals surface area contributed by atoms with E-state index in [1.165, 1.54) is 0 Å². The minimum absolute atomic E-state index is 0.0400. The van der Waals surface area contributed by atoms with Gasteiger partial charge in [-0.1, -0.05) is 24.8 Å². The summed E-state index contributed by atoms with van der Waals surface area (Å²) >= 11 is 0. The number of aromatic hydroxyl groups is 1. The molecule has 0 aliphatic heterocycles. The highest BCUT2D eigenvalue weighted by molar-refractivity contribution is 6.13. The van der Waals surface area contributed by atoms with Gasteiger partial charge in [0.1, 0.15) is 18.1 Å². The summed E-state index contributed by atoms with van der Waals surface area (Å²) in [6.45, 7) is 4.09. The second kappa shape index (κ2) is 6.53. The Morgan fingerprint density at radius 3 is 2.65 bits per heavy atom. The third-order valence-electron chi connectivity index (χ3n) is 3.88. The lowest BCUT2D eigenvalue weighted by Crippen LogP contribution is -2.13. The van der Waals surface area contributed by atoms with Crippen molar-refractivity contribution in [3.63, 3.8) is 0 Å². The quantitative estimate of drug-likeness (QED) is 0.681. The van der Waals surface area contributed by atoms with Crippen molar-refractivity contribution in [1.29, 1.82) is 0 Å². The first-order valence-electron chi connectivity index (χ1n) is 7.58. The Bertz CT molecular complexity index is 770. The Balaban J connectivity index is 1.82. The molecule has 0 aromatic heterocycles. The number of ketones is 1. The molecule has 0 fully saturated rings. The molecule has 0 spiro atoms. The summed E-state index contributed by atoms with van der Waals surface area (Å²) in [6, 6.07) is 12.6. The fourth-order valence-electron chi connectivity index (χ4n) is 2.72. The van der Waals surface area contributed by atoms with Gasteiger partial charge in [0, 0.05) is 11.1 Å². The molecule has 0 saturated carbocycles. The fraction of sp³-hybridized carbons (Fsp3) is 0.150. The predicted octanol–water partition coefficient (Wildman–Crippen LogP) is 4.17. The zero-order valence-electron chi connectivity index (χ0n) is 12.8. The first kappa shape index (κ1) is 15.1. The molecule has 0 bridgehead atoms. The molecule has 2 aromatic rings. The maximum absolute atomic E-state index is 12.6. The minimum Gasteiger partial charge on any atom is -0.508 e. The Hall–Kier alpha value is -2.81. The molecule has 1 N–H and O–H groups in total. The molecule has 0 unspecified atom stereocenters. The summed E-state index contributed by atoms with van der Waals surface area (Å²) < 4.78 is 5.45. The van der Waals surface area contributed by atoms with Crippen LogP contribution in [-0.2, 0) is 6.42 Å². The number of benzene rings is 2. The van der Waals surface area contributed by atoms with E-state index in [9.17, 15) is 9.90 Å². The number of carbonyl (C=O) groups is 1. The van der Waals surface area contributed by atoms with Gasteiger partial charge in [0.25, 0.3) is 0 Å². The molecular weight excluding hydrogens is 288 g/mol. The van der Waals surface area contributed by atoms with Gasteiger partial charge in [-0.25, -0.2) is 0 Å². The maximum Gasteiger partial charge on any atom is 0.189 e. The summed E-state index contributed by atoms with van der Waals surface area (Å²) in [7, 11) is 0. The number of fused-ring (bicyclic) bond motifs is 1. The van der Waals surface area contributed by atoms with Gasteiger partial charge in [0.15, 0.2) is 5.78 Å². The van der Waals surface area contributed by atoms with Crippen LogP contribution in [0.2, 0.25) is 0 Å². The molecule has 23 heavy (non-hydrogen) atoms. The Morgan fingerprint density at radius 1 is 1.13 bits per heavy atom. The van der Waals surface area contributed by atoms with Crippen molar-refractivity contribution in [3.8, 4) is 11.5 Å². The third kappa shape index (κ3) is 3.34. The van der Waals surface area contributed by atoms with Gasteiger partial charge < -0.3 is 9.84 Å². The lowest BCUT2D eigenvalue weighted by molar-refractivity contribution is 0.102. The number of Topliss-reactive ketones (excluding diaryl/α,β-unsaturated/α-hetero) is 1. The second-order valence-electron chi connectivity index (χ2n) is 5.51. The highest BCUT2D eigenvalue weighted by Gasteiger charge is 2.21. The average molecular weight is 306 g/mol. The number of phenolic OH excluding ortho intramolecular Hbond substituents is 1. The van der Waals surface area contributed by atoms with Crippen molar-refractivity contribution in [3.05, 3.63) is 77.4 Å². The third-order valence-corrected chi connectivity index (χ3v) is 3.88. The summed E-state index contributed by atoms with van der Waals surface area (Å²) in [5.74, 6) is 1.03. The lowest BCUT2D eigenvalue weighted by Gasteiger charge is -2.17. The van der Waals surface area contributed by atoms with Crippen LogP contribution in [0.5, 0.6) is 11.5 Å². The SMILES string of the molecule is C=CCOc1ccc(C=C2CCc3cc(O)ccc3C2=O)cc1. The highest BCUT2D eigenvalue weighted by Crippen LogP contribution is 2.29. The van der Waals surface area contributed by atoms with Crippen molar-refractivity contribution in [2.75, 3.05) is 6.61 Å². The minimum atomic E-state index is 0.0400. The molecule has 3 nitrogen and oxygen atoms in total. The molecule has 0 radical (unpaired) electrons. The lowest BCUT2D eigenvalue weighted by atomic mass is 9.86. The first-order valence-corrected chi connectivity index (χ1v) is 7.58. The Labute approximate surface area is 135 Å². The number of allylic oxidation sites excluding steroid dienone is 1. The summed E-state index contributed by atoms with van der Waals surface area (Å²) in [4.78, 5) is 12.6. The van der Waals surface area contributed by atoms with E-state index in [-0.39, 0.29) is 11.5 Å². The van der Waals surface area contributed by atoms with Crippen LogP contribution >= 0.6 is 0 Å². The van der Waals surface area contributed by atoms with Crippen molar-refractivity contribution >= 4 is 11.9 Å². The standard InChI is InChI=1S/C20H18O3/c1-2-11-23-18-8-3-14(4-9-18)12-16-6-5-15-13-17(21)7-10-19(15)20(16)22/h2-4,7-10,12-13,21H,1,5-6,11H2. The average Bonchev–Trinajstić information content (AvgIpc) is 2.56. The van der Waals surface area contributed by atoms with Crippen molar-refractivity contribution in [2.24, 2.45) is 0 Å². The molecule has 0 amide bonds. The molecule has 2 aromatic carbocycles. The van der Waals surface area contributed by atoms with Crippen LogP contribution in [0, 0.1) is 0 Å². The van der Waals surface area contributed by atoms with Gasteiger partial charge in [-0.15, -0.1) is 0 Å².